The molecule has 1 aliphatic heterocycles. The Bertz CT molecular complexity index is 475. The molecule has 0 spiro atoms. The van der Waals surface area contributed by atoms with E-state index in [0.717, 1.165) is 32.7 Å². The summed E-state index contributed by atoms with van der Waals surface area (Å²) in [6.07, 6.45) is 0. The molecule has 1 amide bonds. The quantitative estimate of drug-likeness (QED) is 0.901. The average Bonchev–Trinajstić information content (AvgIpc) is 2.41. The standard InChI is InChI=1S/C14H19BrFN3O/c1-18-6-8-19(9-7-18)5-4-17-14(20)12-3-2-11(15)10-13(12)16/h2-3,10H,4-9H2,1H3,(H,17,20). The molecule has 1 aliphatic rings. The third-order valence-corrected chi connectivity index (χ3v) is 3.98. The second-order valence-corrected chi connectivity index (χ2v) is 5.94. The predicted molar refractivity (Wildman–Crippen MR) is 80.4 cm³/mol. The van der Waals surface area contributed by atoms with Crippen molar-refractivity contribution >= 4 is 21.8 Å². The Kier molecular flexibility index (Phi) is 5.51. The van der Waals surface area contributed by atoms with Crippen molar-refractivity contribution in [3.8, 4) is 0 Å². The van der Waals surface area contributed by atoms with E-state index in [2.05, 4.69) is 38.1 Å². The van der Waals surface area contributed by atoms with Crippen LogP contribution in [0.5, 0.6) is 0 Å². The number of nitrogens with one attached hydrogen (secondary N) is 1. The maximum atomic E-state index is 13.6. The molecular weight excluding hydrogens is 325 g/mol. The molecule has 110 valence electrons. The fraction of sp³-hybridized carbons (Fsp3) is 0.500. The number of halogens is 2. The Morgan fingerprint density at radius 3 is 2.70 bits per heavy atom. The van der Waals surface area contributed by atoms with Crippen LogP contribution in [0.25, 0.3) is 0 Å². The maximum absolute atomic E-state index is 13.6. The molecule has 20 heavy (non-hydrogen) atoms. The lowest BCUT2D eigenvalue weighted by Crippen LogP contribution is -2.46. The van der Waals surface area contributed by atoms with Gasteiger partial charge in [0.15, 0.2) is 0 Å². The molecule has 1 N–H and O–H groups in total. The molecule has 2 rings (SSSR count). The highest BCUT2D eigenvalue weighted by Gasteiger charge is 2.15. The van der Waals surface area contributed by atoms with E-state index in [1.54, 1.807) is 6.07 Å². The first-order valence-electron chi connectivity index (χ1n) is 6.70. The smallest absolute Gasteiger partial charge is 0.254 e. The first-order valence-corrected chi connectivity index (χ1v) is 7.50. The minimum Gasteiger partial charge on any atom is -0.351 e. The van der Waals surface area contributed by atoms with Crippen LogP contribution in [-0.2, 0) is 0 Å². The molecule has 1 heterocycles. The molecule has 1 aromatic rings. The summed E-state index contributed by atoms with van der Waals surface area (Å²) in [4.78, 5) is 16.5. The van der Waals surface area contributed by atoms with Gasteiger partial charge in [-0.2, -0.15) is 0 Å². The molecule has 0 aromatic heterocycles. The third kappa shape index (κ3) is 4.26. The van der Waals surface area contributed by atoms with Crippen LogP contribution in [0, 0.1) is 5.82 Å². The number of nitrogens with zero attached hydrogens (tertiary/aromatic N) is 2. The Hall–Kier alpha value is -0.980. The fourth-order valence-electron chi connectivity index (χ4n) is 2.17. The van der Waals surface area contributed by atoms with Crippen LogP contribution in [0.2, 0.25) is 0 Å². The van der Waals surface area contributed by atoms with Crippen LogP contribution in [0.4, 0.5) is 4.39 Å². The second kappa shape index (κ2) is 7.15. The summed E-state index contributed by atoms with van der Waals surface area (Å²) in [5.74, 6) is -0.861. The lowest BCUT2D eigenvalue weighted by molar-refractivity contribution is 0.0937. The highest BCUT2D eigenvalue weighted by atomic mass is 79.9. The van der Waals surface area contributed by atoms with Gasteiger partial charge >= 0.3 is 0 Å². The normalized spacial score (nSPS) is 17.1. The molecule has 0 aliphatic carbocycles. The molecule has 1 saturated heterocycles. The van der Waals surface area contributed by atoms with Crippen molar-refractivity contribution in [2.45, 2.75) is 0 Å². The van der Waals surface area contributed by atoms with Crippen LogP contribution in [-0.4, -0.2) is 62.0 Å². The lowest BCUT2D eigenvalue weighted by atomic mass is 10.2. The van der Waals surface area contributed by atoms with E-state index in [1.165, 1.54) is 12.1 Å². The van der Waals surface area contributed by atoms with Crippen molar-refractivity contribution in [3.63, 3.8) is 0 Å². The number of likely N-dealkylation sites (N-methyl/N-ethyl adjacent to an activating group) is 1. The molecule has 4 nitrogen and oxygen atoms in total. The zero-order chi connectivity index (χ0) is 14.5. The number of hydrogen-bond donors (Lipinski definition) is 1. The van der Waals surface area contributed by atoms with Crippen LogP contribution in [0.3, 0.4) is 0 Å². The van der Waals surface area contributed by atoms with Gasteiger partial charge in [0, 0.05) is 43.7 Å². The van der Waals surface area contributed by atoms with Crippen LogP contribution < -0.4 is 5.32 Å². The first kappa shape index (κ1) is 15.4. The van der Waals surface area contributed by atoms with E-state index in [4.69, 9.17) is 0 Å². The minimum atomic E-state index is -0.503. The second-order valence-electron chi connectivity index (χ2n) is 5.02. The maximum Gasteiger partial charge on any atom is 0.254 e. The van der Waals surface area contributed by atoms with Crippen molar-refractivity contribution < 1.29 is 9.18 Å². The van der Waals surface area contributed by atoms with Gasteiger partial charge < -0.3 is 10.2 Å². The minimum absolute atomic E-state index is 0.0894. The molecule has 6 heteroatoms. The monoisotopic (exact) mass is 343 g/mol. The number of rotatable bonds is 4. The Balaban J connectivity index is 1.77. The van der Waals surface area contributed by atoms with E-state index >= 15 is 0 Å². The lowest BCUT2D eigenvalue weighted by Gasteiger charge is -2.32. The number of amides is 1. The summed E-state index contributed by atoms with van der Waals surface area (Å²) < 4.78 is 14.2. The zero-order valence-corrected chi connectivity index (χ0v) is 13.1. The Morgan fingerprint density at radius 1 is 1.35 bits per heavy atom. The van der Waals surface area contributed by atoms with E-state index in [0.29, 0.717) is 11.0 Å². The van der Waals surface area contributed by atoms with Crippen molar-refractivity contribution in [1.82, 2.24) is 15.1 Å². The first-order chi connectivity index (χ1) is 9.56. The SMILES string of the molecule is CN1CCN(CCNC(=O)c2ccc(Br)cc2F)CC1. The number of hydrogen-bond acceptors (Lipinski definition) is 3. The Labute approximate surface area is 127 Å². The molecule has 0 unspecified atom stereocenters. The highest BCUT2D eigenvalue weighted by molar-refractivity contribution is 9.10. The van der Waals surface area contributed by atoms with E-state index < -0.39 is 5.82 Å². The highest BCUT2D eigenvalue weighted by Crippen LogP contribution is 2.15. The van der Waals surface area contributed by atoms with E-state index in [9.17, 15) is 9.18 Å². The fourth-order valence-corrected chi connectivity index (χ4v) is 2.50. The van der Waals surface area contributed by atoms with Gasteiger partial charge in [-0.1, -0.05) is 15.9 Å². The molecule has 1 aromatic carbocycles. The van der Waals surface area contributed by atoms with Gasteiger partial charge in [0.05, 0.1) is 5.56 Å². The van der Waals surface area contributed by atoms with Gasteiger partial charge in [-0.3, -0.25) is 9.69 Å². The summed E-state index contributed by atoms with van der Waals surface area (Å²) in [6.45, 7) is 5.47. The van der Waals surface area contributed by atoms with Gasteiger partial charge in [-0.05, 0) is 25.2 Å². The van der Waals surface area contributed by atoms with E-state index in [-0.39, 0.29) is 11.5 Å². The molecule has 0 radical (unpaired) electrons. The largest absolute Gasteiger partial charge is 0.351 e. The molecule has 1 fully saturated rings. The zero-order valence-electron chi connectivity index (χ0n) is 11.5. The molecule has 0 saturated carbocycles. The molecule has 0 atom stereocenters. The number of benzene rings is 1. The van der Waals surface area contributed by atoms with Gasteiger partial charge in [-0.15, -0.1) is 0 Å². The summed E-state index contributed by atoms with van der Waals surface area (Å²) >= 11 is 3.17. The predicted octanol–water partition coefficient (Wildman–Crippen LogP) is 1.57. The van der Waals surface area contributed by atoms with Gasteiger partial charge in [0.2, 0.25) is 0 Å². The number of piperazine rings is 1. The number of carbonyl (C=O) groups is 1. The van der Waals surface area contributed by atoms with Crippen molar-refractivity contribution in [2.24, 2.45) is 0 Å². The summed E-state index contributed by atoms with van der Waals surface area (Å²) in [5.41, 5.74) is 0.0894. The van der Waals surface area contributed by atoms with Crippen molar-refractivity contribution in [1.29, 1.82) is 0 Å². The molecular formula is C14H19BrFN3O. The summed E-state index contributed by atoms with van der Waals surface area (Å²) in [5, 5.41) is 2.77. The Morgan fingerprint density at radius 2 is 2.05 bits per heavy atom. The topological polar surface area (TPSA) is 35.6 Å². The number of carbonyl (C=O) groups excluding carboxylic acids is 1. The van der Waals surface area contributed by atoms with Gasteiger partial charge in [-0.25, -0.2) is 4.39 Å². The molecule has 0 bridgehead atoms. The van der Waals surface area contributed by atoms with Gasteiger partial charge in [0.1, 0.15) is 5.82 Å². The van der Waals surface area contributed by atoms with E-state index in [1.807, 2.05) is 0 Å². The summed E-state index contributed by atoms with van der Waals surface area (Å²) in [6, 6.07) is 4.46. The summed E-state index contributed by atoms with van der Waals surface area (Å²) in [7, 11) is 2.11. The van der Waals surface area contributed by atoms with Crippen molar-refractivity contribution in [3.05, 3.63) is 34.1 Å². The van der Waals surface area contributed by atoms with Crippen LogP contribution in [0.1, 0.15) is 10.4 Å². The van der Waals surface area contributed by atoms with Gasteiger partial charge in [0.25, 0.3) is 5.91 Å². The van der Waals surface area contributed by atoms with Crippen molar-refractivity contribution in [2.75, 3.05) is 46.3 Å². The van der Waals surface area contributed by atoms with Crippen LogP contribution in [0.15, 0.2) is 22.7 Å². The average molecular weight is 344 g/mol. The van der Waals surface area contributed by atoms with Crippen LogP contribution >= 0.6 is 15.9 Å². The third-order valence-electron chi connectivity index (χ3n) is 3.49.